The molecule has 0 saturated heterocycles. The minimum Gasteiger partial charge on any atom is -0.493 e. The van der Waals surface area contributed by atoms with Gasteiger partial charge in [0.2, 0.25) is 0 Å². The topological polar surface area (TPSA) is 72.5 Å². The van der Waals surface area contributed by atoms with E-state index in [0.29, 0.717) is 6.42 Å². The molecule has 0 spiro atoms. The Balaban J connectivity index is 2.53. The van der Waals surface area contributed by atoms with E-state index in [1.807, 2.05) is 6.92 Å². The van der Waals surface area contributed by atoms with Crippen molar-refractivity contribution in [3.63, 3.8) is 0 Å². The summed E-state index contributed by atoms with van der Waals surface area (Å²) in [6.07, 6.45) is -3.89. The monoisotopic (exact) mass is 319 g/mol. The summed E-state index contributed by atoms with van der Waals surface area (Å²) in [5, 5.41) is 8.75. The van der Waals surface area contributed by atoms with Crippen LogP contribution in [0, 0.1) is 11.8 Å². The van der Waals surface area contributed by atoms with Gasteiger partial charge in [-0.2, -0.15) is 13.2 Å². The van der Waals surface area contributed by atoms with Gasteiger partial charge >= 0.3 is 12.1 Å². The Morgan fingerprint density at radius 2 is 2.09 bits per heavy atom. The maximum absolute atomic E-state index is 12.6. The molecule has 2 atom stereocenters. The number of rotatable bonds is 8. The molecular formula is C15H20F3NO3. The Labute approximate surface area is 127 Å². The molecule has 0 amide bonds. The van der Waals surface area contributed by atoms with Crippen LogP contribution in [0.2, 0.25) is 0 Å². The van der Waals surface area contributed by atoms with Crippen LogP contribution in [0.3, 0.4) is 0 Å². The Bertz CT molecular complexity index is 491. The summed E-state index contributed by atoms with van der Waals surface area (Å²) >= 11 is 0. The maximum atomic E-state index is 12.6. The number of carbonyl (C=O) groups is 1. The maximum Gasteiger partial charge on any atom is 0.416 e. The molecule has 1 aromatic carbocycles. The highest BCUT2D eigenvalue weighted by Gasteiger charge is 2.30. The highest BCUT2D eigenvalue weighted by atomic mass is 19.4. The van der Waals surface area contributed by atoms with E-state index in [4.69, 9.17) is 15.6 Å². The number of nitrogens with two attached hydrogens (primary N) is 1. The van der Waals surface area contributed by atoms with E-state index in [1.165, 1.54) is 12.1 Å². The molecule has 0 bridgehead atoms. The summed E-state index contributed by atoms with van der Waals surface area (Å²) in [6, 6.07) is 4.67. The van der Waals surface area contributed by atoms with Gasteiger partial charge in [-0.3, -0.25) is 4.79 Å². The van der Waals surface area contributed by atoms with Gasteiger partial charge in [0.15, 0.2) is 0 Å². The minimum absolute atomic E-state index is 0.0116. The number of benzene rings is 1. The van der Waals surface area contributed by atoms with E-state index in [9.17, 15) is 18.0 Å². The van der Waals surface area contributed by atoms with Crippen LogP contribution in [-0.4, -0.2) is 24.2 Å². The molecule has 4 nitrogen and oxygen atoms in total. The lowest BCUT2D eigenvalue weighted by Gasteiger charge is -2.19. The van der Waals surface area contributed by atoms with Crippen LogP contribution in [-0.2, 0) is 11.0 Å². The van der Waals surface area contributed by atoms with Crippen LogP contribution in [0.25, 0.3) is 0 Å². The van der Waals surface area contributed by atoms with E-state index >= 15 is 0 Å². The first-order valence-corrected chi connectivity index (χ1v) is 6.94. The van der Waals surface area contributed by atoms with Crippen LogP contribution in [0.4, 0.5) is 13.2 Å². The average Bonchev–Trinajstić information content (AvgIpc) is 2.43. The van der Waals surface area contributed by atoms with Gasteiger partial charge in [-0.05, 0) is 43.0 Å². The largest absolute Gasteiger partial charge is 0.493 e. The molecule has 22 heavy (non-hydrogen) atoms. The predicted molar refractivity (Wildman–Crippen MR) is 75.5 cm³/mol. The van der Waals surface area contributed by atoms with E-state index in [2.05, 4.69) is 0 Å². The van der Waals surface area contributed by atoms with E-state index < -0.39 is 17.7 Å². The second-order valence-corrected chi connectivity index (χ2v) is 5.38. The minimum atomic E-state index is -4.41. The molecular weight excluding hydrogens is 299 g/mol. The molecule has 0 saturated carbocycles. The van der Waals surface area contributed by atoms with Crippen LogP contribution < -0.4 is 10.5 Å². The standard InChI is InChI=1S/C15H20F3NO3/c1-10(5-11(8-19)6-14(20)21)9-22-13-4-2-3-12(7-13)15(16,17)18/h2-4,7,10-11H,5-6,8-9,19H2,1H3,(H,20,21). The zero-order valence-corrected chi connectivity index (χ0v) is 12.3. The first-order valence-electron chi connectivity index (χ1n) is 6.94. The summed E-state index contributed by atoms with van der Waals surface area (Å²) in [5.74, 6) is -0.953. The molecule has 1 rings (SSSR count). The van der Waals surface area contributed by atoms with Crippen molar-refractivity contribution < 1.29 is 27.8 Å². The number of hydrogen-bond donors (Lipinski definition) is 2. The predicted octanol–water partition coefficient (Wildman–Crippen LogP) is 3.16. The van der Waals surface area contributed by atoms with Gasteiger partial charge < -0.3 is 15.6 Å². The Morgan fingerprint density at radius 3 is 2.64 bits per heavy atom. The van der Waals surface area contributed by atoms with Crippen LogP contribution in [0.1, 0.15) is 25.3 Å². The first kappa shape index (κ1) is 18.3. The summed E-state index contributed by atoms with van der Waals surface area (Å²) < 4.78 is 43.1. The molecule has 0 aliphatic carbocycles. The van der Waals surface area contributed by atoms with Crippen LogP contribution >= 0.6 is 0 Å². The molecule has 0 aliphatic rings. The summed E-state index contributed by atoms with van der Waals surface area (Å²) in [7, 11) is 0. The first-order chi connectivity index (χ1) is 10.2. The van der Waals surface area contributed by atoms with Crippen molar-refractivity contribution in [1.82, 2.24) is 0 Å². The second kappa shape index (κ2) is 8.03. The van der Waals surface area contributed by atoms with Crippen molar-refractivity contribution >= 4 is 5.97 Å². The number of halogens is 3. The van der Waals surface area contributed by atoms with Crippen molar-refractivity contribution in [2.24, 2.45) is 17.6 Å². The second-order valence-electron chi connectivity index (χ2n) is 5.38. The van der Waals surface area contributed by atoms with E-state index in [0.717, 1.165) is 12.1 Å². The molecule has 0 radical (unpaired) electrons. The third-order valence-electron chi connectivity index (χ3n) is 3.23. The van der Waals surface area contributed by atoms with Gasteiger partial charge in [0, 0.05) is 6.42 Å². The van der Waals surface area contributed by atoms with Gasteiger partial charge in [0.05, 0.1) is 12.2 Å². The summed E-state index contributed by atoms with van der Waals surface area (Å²) in [4.78, 5) is 10.7. The highest BCUT2D eigenvalue weighted by molar-refractivity contribution is 5.67. The van der Waals surface area contributed by atoms with Crippen molar-refractivity contribution in [3.8, 4) is 5.75 Å². The fraction of sp³-hybridized carbons (Fsp3) is 0.533. The zero-order chi connectivity index (χ0) is 16.8. The number of ether oxygens (including phenoxy) is 1. The van der Waals surface area contributed by atoms with Gasteiger partial charge in [0.1, 0.15) is 5.75 Å². The number of carboxylic acids is 1. The number of carboxylic acid groups (broad SMARTS) is 1. The van der Waals surface area contributed by atoms with Gasteiger partial charge in [-0.1, -0.05) is 13.0 Å². The number of aliphatic carboxylic acids is 1. The molecule has 7 heteroatoms. The van der Waals surface area contributed by atoms with Crippen molar-refractivity contribution in [2.45, 2.75) is 25.9 Å². The third-order valence-corrected chi connectivity index (χ3v) is 3.23. The third kappa shape index (κ3) is 6.34. The fourth-order valence-corrected chi connectivity index (χ4v) is 2.15. The number of hydrogen-bond acceptors (Lipinski definition) is 3. The average molecular weight is 319 g/mol. The molecule has 2 unspecified atom stereocenters. The van der Waals surface area contributed by atoms with E-state index in [1.54, 1.807) is 0 Å². The normalized spacial score (nSPS) is 14.4. The lowest BCUT2D eigenvalue weighted by Crippen LogP contribution is -2.22. The Hall–Kier alpha value is -1.76. The molecule has 1 aromatic rings. The van der Waals surface area contributed by atoms with Gasteiger partial charge in [0.25, 0.3) is 0 Å². The smallest absolute Gasteiger partial charge is 0.416 e. The van der Waals surface area contributed by atoms with Crippen molar-refractivity contribution in [1.29, 1.82) is 0 Å². The molecule has 0 fully saturated rings. The molecule has 3 N–H and O–H groups in total. The van der Waals surface area contributed by atoms with E-state index in [-0.39, 0.29) is 37.2 Å². The lowest BCUT2D eigenvalue weighted by atomic mass is 9.93. The molecule has 0 aromatic heterocycles. The Morgan fingerprint density at radius 1 is 1.41 bits per heavy atom. The van der Waals surface area contributed by atoms with Crippen molar-refractivity contribution in [3.05, 3.63) is 29.8 Å². The number of alkyl halides is 3. The van der Waals surface area contributed by atoms with Crippen LogP contribution in [0.15, 0.2) is 24.3 Å². The van der Waals surface area contributed by atoms with Crippen molar-refractivity contribution in [2.75, 3.05) is 13.2 Å². The summed E-state index contributed by atoms with van der Waals surface area (Å²) in [5.41, 5.74) is 4.75. The molecule has 0 heterocycles. The van der Waals surface area contributed by atoms with Crippen LogP contribution in [0.5, 0.6) is 5.75 Å². The zero-order valence-electron chi connectivity index (χ0n) is 12.3. The fourth-order valence-electron chi connectivity index (χ4n) is 2.15. The van der Waals surface area contributed by atoms with Gasteiger partial charge in [-0.15, -0.1) is 0 Å². The Kier molecular flexibility index (Phi) is 6.67. The molecule has 124 valence electrons. The summed E-state index contributed by atoms with van der Waals surface area (Å²) in [6.45, 7) is 2.30. The van der Waals surface area contributed by atoms with Gasteiger partial charge in [-0.25, -0.2) is 0 Å². The highest BCUT2D eigenvalue weighted by Crippen LogP contribution is 2.31. The molecule has 0 aliphatic heterocycles. The SMILES string of the molecule is CC(COc1cccc(C(F)(F)F)c1)CC(CN)CC(=O)O. The lowest BCUT2D eigenvalue weighted by molar-refractivity contribution is -0.138. The quantitative estimate of drug-likeness (QED) is 0.772.